The number of ether oxygens (including phenoxy) is 1. The average Bonchev–Trinajstić information content (AvgIpc) is 2.17. The van der Waals surface area contributed by atoms with Crippen LogP contribution in [-0.4, -0.2) is 35.6 Å². The normalized spacial score (nSPS) is 12.5. The lowest BCUT2D eigenvalue weighted by Gasteiger charge is -2.08. The highest BCUT2D eigenvalue weighted by Crippen LogP contribution is 2.16. The van der Waals surface area contributed by atoms with Crippen molar-refractivity contribution in [3.8, 4) is 0 Å². The SMILES string of the molecule is CCSCCCSC(C)CC(=O)OC. The fourth-order valence-electron chi connectivity index (χ4n) is 0.967. The average molecular weight is 236 g/mol. The first-order valence-corrected chi connectivity index (χ1v) is 7.17. The highest BCUT2D eigenvalue weighted by Gasteiger charge is 2.08. The van der Waals surface area contributed by atoms with Crippen LogP contribution in [0.25, 0.3) is 0 Å². The minimum absolute atomic E-state index is 0.104. The predicted molar refractivity (Wildman–Crippen MR) is 66.2 cm³/mol. The zero-order valence-corrected chi connectivity index (χ0v) is 10.9. The number of esters is 1. The van der Waals surface area contributed by atoms with Crippen molar-refractivity contribution in [1.29, 1.82) is 0 Å². The molecule has 0 rings (SSSR count). The third-order valence-electron chi connectivity index (χ3n) is 1.72. The van der Waals surface area contributed by atoms with Gasteiger partial charge in [0.15, 0.2) is 0 Å². The largest absolute Gasteiger partial charge is 0.469 e. The summed E-state index contributed by atoms with van der Waals surface area (Å²) in [7, 11) is 1.44. The molecule has 0 saturated carbocycles. The van der Waals surface area contributed by atoms with Gasteiger partial charge in [-0.25, -0.2) is 0 Å². The van der Waals surface area contributed by atoms with E-state index in [-0.39, 0.29) is 5.97 Å². The van der Waals surface area contributed by atoms with E-state index in [1.54, 1.807) is 0 Å². The molecular weight excluding hydrogens is 216 g/mol. The summed E-state index contributed by atoms with van der Waals surface area (Å²) in [5.41, 5.74) is 0. The van der Waals surface area contributed by atoms with E-state index in [2.05, 4.69) is 18.6 Å². The van der Waals surface area contributed by atoms with Gasteiger partial charge in [-0.05, 0) is 23.7 Å². The Labute approximate surface area is 95.5 Å². The van der Waals surface area contributed by atoms with E-state index in [1.165, 1.54) is 25.0 Å². The third-order valence-corrected chi connectivity index (χ3v) is 3.97. The van der Waals surface area contributed by atoms with Crippen molar-refractivity contribution in [2.24, 2.45) is 0 Å². The number of thioether (sulfide) groups is 2. The van der Waals surface area contributed by atoms with Crippen LogP contribution in [0.2, 0.25) is 0 Å². The van der Waals surface area contributed by atoms with Gasteiger partial charge in [-0.2, -0.15) is 23.5 Å². The predicted octanol–water partition coefficient (Wildman–Crippen LogP) is 2.81. The molecule has 2 nitrogen and oxygen atoms in total. The van der Waals surface area contributed by atoms with Crippen LogP contribution in [0.5, 0.6) is 0 Å². The van der Waals surface area contributed by atoms with Gasteiger partial charge in [0.05, 0.1) is 13.5 Å². The third kappa shape index (κ3) is 8.75. The second kappa shape index (κ2) is 9.71. The van der Waals surface area contributed by atoms with Gasteiger partial charge in [-0.3, -0.25) is 4.79 Å². The Bertz CT molecular complexity index is 151. The molecule has 0 radical (unpaired) electrons. The van der Waals surface area contributed by atoms with E-state index in [1.807, 2.05) is 23.5 Å². The van der Waals surface area contributed by atoms with Crippen LogP contribution in [0.1, 0.15) is 26.7 Å². The number of carbonyl (C=O) groups is 1. The van der Waals surface area contributed by atoms with Crippen LogP contribution in [-0.2, 0) is 9.53 Å². The Kier molecular flexibility index (Phi) is 9.83. The van der Waals surface area contributed by atoms with Gasteiger partial charge in [-0.15, -0.1) is 0 Å². The van der Waals surface area contributed by atoms with Gasteiger partial charge in [0, 0.05) is 5.25 Å². The van der Waals surface area contributed by atoms with Crippen LogP contribution < -0.4 is 0 Å². The van der Waals surface area contributed by atoms with Gasteiger partial charge < -0.3 is 4.74 Å². The summed E-state index contributed by atoms with van der Waals surface area (Å²) in [5, 5.41) is 0.383. The molecule has 1 atom stereocenters. The van der Waals surface area contributed by atoms with Crippen molar-refractivity contribution >= 4 is 29.5 Å². The van der Waals surface area contributed by atoms with Crippen LogP contribution in [0.4, 0.5) is 0 Å². The fraction of sp³-hybridized carbons (Fsp3) is 0.900. The molecule has 0 aromatic heterocycles. The molecule has 4 heteroatoms. The first-order chi connectivity index (χ1) is 6.70. The lowest BCUT2D eigenvalue weighted by atomic mass is 10.3. The van der Waals surface area contributed by atoms with Crippen molar-refractivity contribution in [3.05, 3.63) is 0 Å². The molecule has 0 fully saturated rings. The highest BCUT2D eigenvalue weighted by atomic mass is 32.2. The van der Waals surface area contributed by atoms with E-state index < -0.39 is 0 Å². The maximum absolute atomic E-state index is 10.9. The minimum atomic E-state index is -0.104. The van der Waals surface area contributed by atoms with Gasteiger partial charge in [0.25, 0.3) is 0 Å². The van der Waals surface area contributed by atoms with Gasteiger partial charge >= 0.3 is 5.97 Å². The lowest BCUT2D eigenvalue weighted by molar-refractivity contribution is -0.140. The van der Waals surface area contributed by atoms with E-state index >= 15 is 0 Å². The molecule has 0 bridgehead atoms. The molecule has 84 valence electrons. The molecule has 0 spiro atoms. The number of methoxy groups -OCH3 is 1. The minimum Gasteiger partial charge on any atom is -0.469 e. The van der Waals surface area contributed by atoms with E-state index in [0.29, 0.717) is 11.7 Å². The molecule has 0 heterocycles. The molecule has 0 aliphatic heterocycles. The Morgan fingerprint density at radius 2 is 2.14 bits per heavy atom. The Morgan fingerprint density at radius 1 is 1.43 bits per heavy atom. The highest BCUT2D eigenvalue weighted by molar-refractivity contribution is 8.00. The van der Waals surface area contributed by atoms with Crippen molar-refractivity contribution in [3.63, 3.8) is 0 Å². The quantitative estimate of drug-likeness (QED) is 0.478. The summed E-state index contributed by atoms with van der Waals surface area (Å²) in [4.78, 5) is 10.9. The van der Waals surface area contributed by atoms with Gasteiger partial charge in [0.1, 0.15) is 0 Å². The molecule has 0 N–H and O–H groups in total. The monoisotopic (exact) mass is 236 g/mol. The fourth-order valence-corrected chi connectivity index (χ4v) is 2.75. The summed E-state index contributed by atoms with van der Waals surface area (Å²) >= 11 is 3.83. The molecule has 1 unspecified atom stereocenters. The molecule has 0 saturated heterocycles. The first-order valence-electron chi connectivity index (χ1n) is 4.96. The van der Waals surface area contributed by atoms with E-state index in [0.717, 1.165) is 5.75 Å². The topological polar surface area (TPSA) is 26.3 Å². The van der Waals surface area contributed by atoms with Crippen LogP contribution in [0, 0.1) is 0 Å². The Balaban J connectivity index is 3.26. The molecule has 0 aliphatic carbocycles. The van der Waals surface area contributed by atoms with Crippen molar-refractivity contribution in [2.75, 3.05) is 24.4 Å². The Hall–Kier alpha value is 0.170. The first kappa shape index (κ1) is 14.2. The van der Waals surface area contributed by atoms with Crippen molar-refractivity contribution in [2.45, 2.75) is 31.9 Å². The molecular formula is C10H20O2S2. The molecule has 0 amide bonds. The maximum atomic E-state index is 10.9. The molecule has 14 heavy (non-hydrogen) atoms. The van der Waals surface area contributed by atoms with Crippen LogP contribution in [0.15, 0.2) is 0 Å². The zero-order chi connectivity index (χ0) is 10.8. The standard InChI is InChI=1S/C10H20O2S2/c1-4-13-6-5-7-14-9(2)8-10(11)12-3/h9H,4-8H2,1-3H3. The second-order valence-electron chi connectivity index (χ2n) is 3.01. The summed E-state index contributed by atoms with van der Waals surface area (Å²) in [5.74, 6) is 3.47. The number of rotatable bonds is 8. The summed E-state index contributed by atoms with van der Waals surface area (Å²) in [6.45, 7) is 4.26. The molecule has 0 aliphatic rings. The van der Waals surface area contributed by atoms with Crippen LogP contribution >= 0.6 is 23.5 Å². The Morgan fingerprint density at radius 3 is 2.71 bits per heavy atom. The van der Waals surface area contributed by atoms with Crippen molar-refractivity contribution in [1.82, 2.24) is 0 Å². The van der Waals surface area contributed by atoms with Crippen LogP contribution in [0.3, 0.4) is 0 Å². The number of hydrogen-bond donors (Lipinski definition) is 0. The summed E-state index contributed by atoms with van der Waals surface area (Å²) in [6, 6.07) is 0. The van der Waals surface area contributed by atoms with E-state index in [9.17, 15) is 4.79 Å². The summed E-state index contributed by atoms with van der Waals surface area (Å²) in [6.07, 6.45) is 1.76. The summed E-state index contributed by atoms with van der Waals surface area (Å²) < 4.78 is 4.61. The van der Waals surface area contributed by atoms with Crippen molar-refractivity contribution < 1.29 is 9.53 Å². The number of hydrogen-bond acceptors (Lipinski definition) is 4. The smallest absolute Gasteiger partial charge is 0.306 e. The second-order valence-corrected chi connectivity index (χ2v) is 5.95. The maximum Gasteiger partial charge on any atom is 0.306 e. The zero-order valence-electron chi connectivity index (χ0n) is 9.25. The lowest BCUT2D eigenvalue weighted by Crippen LogP contribution is -2.09. The van der Waals surface area contributed by atoms with Gasteiger partial charge in [-0.1, -0.05) is 13.8 Å². The molecule has 0 aromatic carbocycles. The van der Waals surface area contributed by atoms with Gasteiger partial charge in [0.2, 0.25) is 0 Å². The number of carbonyl (C=O) groups excluding carboxylic acids is 1. The van der Waals surface area contributed by atoms with E-state index in [4.69, 9.17) is 0 Å². The molecule has 0 aromatic rings.